The lowest BCUT2D eigenvalue weighted by Crippen LogP contribution is -2.30. The highest BCUT2D eigenvalue weighted by Gasteiger charge is 2.51. The second-order valence-corrected chi connectivity index (χ2v) is 5.72. The molecule has 0 aromatic heterocycles. The van der Waals surface area contributed by atoms with Crippen LogP contribution in [-0.2, 0) is 4.79 Å². The number of amides is 1. The van der Waals surface area contributed by atoms with Crippen molar-refractivity contribution in [2.45, 2.75) is 20.3 Å². The van der Waals surface area contributed by atoms with Crippen molar-refractivity contribution in [2.24, 2.45) is 11.3 Å². The van der Waals surface area contributed by atoms with Crippen LogP contribution in [0.5, 0.6) is 0 Å². The first-order valence-electron chi connectivity index (χ1n) is 6.14. The summed E-state index contributed by atoms with van der Waals surface area (Å²) in [5.74, 6) is -1.16. The van der Waals surface area contributed by atoms with E-state index in [1.54, 1.807) is 19.2 Å². The zero-order chi connectivity index (χ0) is 14.4. The van der Waals surface area contributed by atoms with Crippen LogP contribution < -0.4 is 10.6 Å². The molecule has 1 aliphatic rings. The summed E-state index contributed by atoms with van der Waals surface area (Å²) in [4.78, 5) is 24.9. The van der Waals surface area contributed by atoms with Crippen molar-refractivity contribution in [3.8, 4) is 0 Å². The van der Waals surface area contributed by atoms with Gasteiger partial charge in [-0.1, -0.05) is 13.8 Å². The summed E-state index contributed by atoms with van der Waals surface area (Å²) in [6.45, 7) is 4.06. The molecular formula is C14H18N2O3. The number of benzene rings is 1. The van der Waals surface area contributed by atoms with Gasteiger partial charge < -0.3 is 15.7 Å². The fourth-order valence-corrected chi connectivity index (χ4v) is 2.26. The van der Waals surface area contributed by atoms with E-state index in [2.05, 4.69) is 0 Å². The Balaban J connectivity index is 2.31. The molecule has 0 saturated heterocycles. The van der Waals surface area contributed by atoms with Gasteiger partial charge in [-0.3, -0.25) is 4.79 Å². The minimum absolute atomic E-state index is 0.0164. The van der Waals surface area contributed by atoms with E-state index >= 15 is 0 Å². The number of carbonyl (C=O) groups excluding carboxylic acids is 1. The molecule has 0 spiro atoms. The molecule has 0 heterocycles. The molecule has 3 N–H and O–H groups in total. The van der Waals surface area contributed by atoms with Crippen LogP contribution in [-0.4, -0.2) is 24.0 Å². The molecule has 1 aromatic rings. The SMILES string of the molecule is CN(C(=O)C1CC1(C)C)c1ccc(N)cc1C(=O)O. The van der Waals surface area contributed by atoms with E-state index in [-0.39, 0.29) is 22.8 Å². The standard InChI is InChI=1S/C14H18N2O3/c1-14(2)7-10(14)12(17)16(3)11-5-4-8(15)6-9(11)13(18)19/h4-6,10H,7,15H2,1-3H3,(H,18,19). The highest BCUT2D eigenvalue weighted by molar-refractivity contribution is 6.03. The number of nitrogens with zero attached hydrogens (tertiary/aromatic N) is 1. The summed E-state index contributed by atoms with van der Waals surface area (Å²) in [7, 11) is 1.61. The van der Waals surface area contributed by atoms with Gasteiger partial charge in [0.1, 0.15) is 0 Å². The summed E-state index contributed by atoms with van der Waals surface area (Å²) >= 11 is 0. The van der Waals surface area contributed by atoms with Gasteiger partial charge in [-0.2, -0.15) is 0 Å². The normalized spacial score (nSPS) is 19.8. The van der Waals surface area contributed by atoms with Crippen LogP contribution in [0.25, 0.3) is 0 Å². The maximum absolute atomic E-state index is 12.3. The third-order valence-corrected chi connectivity index (χ3v) is 3.75. The van der Waals surface area contributed by atoms with E-state index in [1.807, 2.05) is 13.8 Å². The van der Waals surface area contributed by atoms with Gasteiger partial charge in [0.15, 0.2) is 0 Å². The second kappa shape index (κ2) is 4.26. The van der Waals surface area contributed by atoms with E-state index in [4.69, 9.17) is 5.73 Å². The Hall–Kier alpha value is -2.04. The van der Waals surface area contributed by atoms with Crippen LogP contribution in [0, 0.1) is 11.3 Å². The number of rotatable bonds is 3. The first kappa shape index (κ1) is 13.4. The van der Waals surface area contributed by atoms with E-state index in [9.17, 15) is 14.7 Å². The predicted octanol–water partition coefficient (Wildman–Crippen LogP) is 1.98. The number of aromatic carboxylic acids is 1. The Morgan fingerprint density at radius 3 is 2.47 bits per heavy atom. The topological polar surface area (TPSA) is 83.6 Å². The zero-order valence-corrected chi connectivity index (χ0v) is 11.3. The van der Waals surface area contributed by atoms with Crippen molar-refractivity contribution in [2.75, 3.05) is 17.7 Å². The number of anilines is 2. The van der Waals surface area contributed by atoms with Crippen LogP contribution in [0.2, 0.25) is 0 Å². The fraction of sp³-hybridized carbons (Fsp3) is 0.429. The molecule has 1 aromatic carbocycles. The van der Waals surface area contributed by atoms with E-state index in [1.165, 1.54) is 11.0 Å². The number of hydrogen-bond donors (Lipinski definition) is 2. The number of nitrogens with two attached hydrogens (primary N) is 1. The Labute approximate surface area is 112 Å². The van der Waals surface area contributed by atoms with Crippen LogP contribution in [0.1, 0.15) is 30.6 Å². The zero-order valence-electron chi connectivity index (χ0n) is 11.3. The molecule has 1 saturated carbocycles. The molecule has 0 radical (unpaired) electrons. The Kier molecular flexibility index (Phi) is 3.00. The molecule has 1 unspecified atom stereocenters. The number of carboxylic acid groups (broad SMARTS) is 1. The lowest BCUT2D eigenvalue weighted by molar-refractivity contribution is -0.120. The van der Waals surface area contributed by atoms with Gasteiger partial charge in [-0.15, -0.1) is 0 Å². The highest BCUT2D eigenvalue weighted by Crippen LogP contribution is 2.52. The van der Waals surface area contributed by atoms with Crippen LogP contribution in [0.15, 0.2) is 18.2 Å². The first-order valence-corrected chi connectivity index (χ1v) is 6.14. The number of carbonyl (C=O) groups is 2. The minimum Gasteiger partial charge on any atom is -0.478 e. The van der Waals surface area contributed by atoms with Crippen LogP contribution in [0.4, 0.5) is 11.4 Å². The molecule has 5 nitrogen and oxygen atoms in total. The first-order chi connectivity index (χ1) is 8.74. The molecule has 19 heavy (non-hydrogen) atoms. The van der Waals surface area contributed by atoms with E-state index in [0.717, 1.165) is 6.42 Å². The number of nitrogen functional groups attached to an aromatic ring is 1. The van der Waals surface area contributed by atoms with Crippen LogP contribution >= 0.6 is 0 Å². The molecule has 0 bridgehead atoms. The van der Waals surface area contributed by atoms with E-state index < -0.39 is 5.97 Å². The highest BCUT2D eigenvalue weighted by atomic mass is 16.4. The van der Waals surface area contributed by atoms with Gasteiger partial charge in [0.2, 0.25) is 5.91 Å². The smallest absolute Gasteiger partial charge is 0.337 e. The minimum atomic E-state index is -1.09. The van der Waals surface area contributed by atoms with Gasteiger partial charge in [0.05, 0.1) is 11.3 Å². The molecule has 5 heteroatoms. The van der Waals surface area contributed by atoms with Crippen LogP contribution in [0.3, 0.4) is 0 Å². The second-order valence-electron chi connectivity index (χ2n) is 5.72. The van der Waals surface area contributed by atoms with Crippen molar-refractivity contribution in [1.29, 1.82) is 0 Å². The molecule has 1 amide bonds. The molecule has 102 valence electrons. The van der Waals surface area contributed by atoms with Crippen molar-refractivity contribution in [1.82, 2.24) is 0 Å². The molecule has 1 aliphatic carbocycles. The maximum Gasteiger partial charge on any atom is 0.337 e. The van der Waals surface area contributed by atoms with E-state index in [0.29, 0.717) is 11.4 Å². The predicted molar refractivity (Wildman–Crippen MR) is 73.1 cm³/mol. The molecule has 2 rings (SSSR count). The summed E-state index contributed by atoms with van der Waals surface area (Å²) in [5.41, 5.74) is 6.41. The lowest BCUT2D eigenvalue weighted by atomic mass is 10.1. The van der Waals surface area contributed by atoms with Crippen molar-refractivity contribution < 1.29 is 14.7 Å². The summed E-state index contributed by atoms with van der Waals surface area (Å²) in [5, 5.41) is 9.18. The third-order valence-electron chi connectivity index (χ3n) is 3.75. The quantitative estimate of drug-likeness (QED) is 0.816. The average Bonchev–Trinajstić information content (AvgIpc) is 2.96. The summed E-state index contributed by atoms with van der Waals surface area (Å²) in [6, 6.07) is 4.55. The monoisotopic (exact) mass is 262 g/mol. The van der Waals surface area contributed by atoms with Crippen molar-refractivity contribution in [3.63, 3.8) is 0 Å². The Morgan fingerprint density at radius 2 is 2.00 bits per heavy atom. The van der Waals surface area contributed by atoms with Gasteiger partial charge in [-0.25, -0.2) is 4.79 Å². The number of carboxylic acids is 1. The average molecular weight is 262 g/mol. The largest absolute Gasteiger partial charge is 0.478 e. The summed E-state index contributed by atoms with van der Waals surface area (Å²) in [6.07, 6.45) is 0.841. The molecular weight excluding hydrogens is 244 g/mol. The lowest BCUT2D eigenvalue weighted by Gasteiger charge is -2.20. The Morgan fingerprint density at radius 1 is 1.42 bits per heavy atom. The van der Waals surface area contributed by atoms with Crippen molar-refractivity contribution >= 4 is 23.3 Å². The van der Waals surface area contributed by atoms with Gasteiger partial charge in [-0.05, 0) is 30.0 Å². The molecule has 1 fully saturated rings. The van der Waals surface area contributed by atoms with Gasteiger partial charge in [0.25, 0.3) is 0 Å². The van der Waals surface area contributed by atoms with Gasteiger partial charge in [0, 0.05) is 18.7 Å². The van der Waals surface area contributed by atoms with Crippen molar-refractivity contribution in [3.05, 3.63) is 23.8 Å². The third kappa shape index (κ3) is 2.41. The molecule has 1 atom stereocenters. The maximum atomic E-state index is 12.3. The fourth-order valence-electron chi connectivity index (χ4n) is 2.26. The van der Waals surface area contributed by atoms with Gasteiger partial charge >= 0.3 is 5.97 Å². The molecule has 0 aliphatic heterocycles. The number of hydrogen-bond acceptors (Lipinski definition) is 3. The summed E-state index contributed by atoms with van der Waals surface area (Å²) < 4.78 is 0. The Bertz CT molecular complexity index is 552.